The lowest BCUT2D eigenvalue weighted by Gasteiger charge is -2.15. The van der Waals surface area contributed by atoms with E-state index in [1.54, 1.807) is 7.11 Å². The third-order valence-electron chi connectivity index (χ3n) is 4.83. The first-order valence-electron chi connectivity index (χ1n) is 9.64. The van der Waals surface area contributed by atoms with Gasteiger partial charge in [-0.15, -0.1) is 0 Å². The second-order valence-electron chi connectivity index (χ2n) is 6.85. The van der Waals surface area contributed by atoms with E-state index in [0.29, 0.717) is 12.4 Å². The van der Waals surface area contributed by atoms with Gasteiger partial charge in [0.2, 0.25) is 5.95 Å². The molecule has 0 saturated heterocycles. The van der Waals surface area contributed by atoms with Gasteiger partial charge in [-0.3, -0.25) is 4.68 Å². The highest BCUT2D eigenvalue weighted by Crippen LogP contribution is 2.26. The van der Waals surface area contributed by atoms with E-state index in [1.165, 1.54) is 5.56 Å². The van der Waals surface area contributed by atoms with Gasteiger partial charge in [-0.1, -0.05) is 25.5 Å². The van der Waals surface area contributed by atoms with E-state index < -0.39 is 0 Å². The maximum Gasteiger partial charge on any atom is 0.222 e. The lowest BCUT2D eigenvalue weighted by atomic mass is 10.0. The average molecular weight is 384 g/mol. The van der Waals surface area contributed by atoms with Gasteiger partial charge in [0.25, 0.3) is 0 Å². The summed E-state index contributed by atoms with van der Waals surface area (Å²) in [6.07, 6.45) is 4.05. The number of hydrogen-bond acceptors (Lipinski definition) is 7. The van der Waals surface area contributed by atoms with E-state index in [-0.39, 0.29) is 12.0 Å². The quantitative estimate of drug-likeness (QED) is 0.488. The highest BCUT2D eigenvalue weighted by molar-refractivity contribution is 5.85. The predicted molar refractivity (Wildman–Crippen MR) is 113 cm³/mol. The number of unbranched alkanes of at least 4 members (excludes halogenated alkanes) is 1. The summed E-state index contributed by atoms with van der Waals surface area (Å²) in [7, 11) is 3.63. The fraction of sp³-hybridized carbons (Fsp3) is 0.450. The van der Waals surface area contributed by atoms with Crippen molar-refractivity contribution in [3.05, 3.63) is 35.5 Å². The first kappa shape index (κ1) is 19.9. The van der Waals surface area contributed by atoms with Crippen LogP contribution in [0.2, 0.25) is 0 Å². The second-order valence-corrected chi connectivity index (χ2v) is 6.85. The number of fused-ring (bicyclic) bond motifs is 1. The van der Waals surface area contributed by atoms with Gasteiger partial charge in [0, 0.05) is 18.2 Å². The number of nitrogens with one attached hydrogen (secondary N) is 2. The number of rotatable bonds is 9. The van der Waals surface area contributed by atoms with Crippen LogP contribution in [0.4, 0.5) is 11.8 Å². The van der Waals surface area contributed by atoms with Gasteiger partial charge >= 0.3 is 0 Å². The molecule has 8 heteroatoms. The molecule has 2 heterocycles. The minimum Gasteiger partial charge on any atom is -0.496 e. The Balaban J connectivity index is 1.89. The summed E-state index contributed by atoms with van der Waals surface area (Å²) in [5.74, 6) is 1.76. The molecule has 2 aromatic heterocycles. The Kier molecular flexibility index (Phi) is 6.30. The van der Waals surface area contributed by atoms with Gasteiger partial charge in [0.1, 0.15) is 11.3 Å². The SMILES string of the molecule is CCCCNc1nc(N)nc2cn(Cc3ccc([C@@H](C)NC)cc3OC)nc12. The van der Waals surface area contributed by atoms with Gasteiger partial charge in [-0.2, -0.15) is 10.1 Å². The van der Waals surface area contributed by atoms with Crippen LogP contribution in [0.5, 0.6) is 5.75 Å². The number of hydrogen-bond donors (Lipinski definition) is 3. The van der Waals surface area contributed by atoms with E-state index in [1.807, 2.05) is 17.9 Å². The lowest BCUT2D eigenvalue weighted by molar-refractivity contribution is 0.406. The van der Waals surface area contributed by atoms with Crippen molar-refractivity contribution in [3.63, 3.8) is 0 Å². The Morgan fingerprint density at radius 2 is 2.11 bits per heavy atom. The maximum atomic E-state index is 5.87. The largest absolute Gasteiger partial charge is 0.496 e. The summed E-state index contributed by atoms with van der Waals surface area (Å²) in [4.78, 5) is 8.64. The molecule has 0 saturated carbocycles. The van der Waals surface area contributed by atoms with E-state index in [4.69, 9.17) is 10.5 Å². The molecule has 1 aromatic carbocycles. The molecular weight excluding hydrogens is 354 g/mol. The van der Waals surface area contributed by atoms with Crippen molar-refractivity contribution >= 4 is 22.8 Å². The zero-order valence-corrected chi connectivity index (χ0v) is 17.0. The van der Waals surface area contributed by atoms with Gasteiger partial charge in [0.15, 0.2) is 11.3 Å². The molecule has 1 atom stereocenters. The molecule has 4 N–H and O–H groups in total. The van der Waals surface area contributed by atoms with E-state index in [9.17, 15) is 0 Å². The van der Waals surface area contributed by atoms with Gasteiger partial charge in [-0.05, 0) is 32.0 Å². The molecule has 0 aliphatic rings. The van der Waals surface area contributed by atoms with Gasteiger partial charge in [-0.25, -0.2) is 4.98 Å². The molecule has 0 unspecified atom stereocenters. The number of nitrogens with two attached hydrogens (primary N) is 1. The van der Waals surface area contributed by atoms with Crippen molar-refractivity contribution in [1.82, 2.24) is 25.1 Å². The van der Waals surface area contributed by atoms with Crippen molar-refractivity contribution in [2.45, 2.75) is 39.3 Å². The van der Waals surface area contributed by atoms with Crippen molar-refractivity contribution in [2.75, 3.05) is 31.8 Å². The smallest absolute Gasteiger partial charge is 0.222 e. The van der Waals surface area contributed by atoms with E-state index in [2.05, 4.69) is 57.7 Å². The number of methoxy groups -OCH3 is 1. The van der Waals surface area contributed by atoms with Crippen LogP contribution in [0.3, 0.4) is 0 Å². The molecule has 0 aliphatic heterocycles. The number of nitrogens with zero attached hydrogens (tertiary/aromatic N) is 4. The van der Waals surface area contributed by atoms with Crippen LogP contribution in [0.1, 0.15) is 43.9 Å². The van der Waals surface area contributed by atoms with Crippen LogP contribution in [-0.4, -0.2) is 40.5 Å². The Morgan fingerprint density at radius 3 is 2.82 bits per heavy atom. The monoisotopic (exact) mass is 383 g/mol. The maximum absolute atomic E-state index is 5.87. The molecule has 3 rings (SSSR count). The summed E-state index contributed by atoms with van der Waals surface area (Å²) in [6, 6.07) is 6.51. The summed E-state index contributed by atoms with van der Waals surface area (Å²) in [5, 5.41) is 11.2. The summed E-state index contributed by atoms with van der Waals surface area (Å²) in [5.41, 5.74) is 9.54. The standard InChI is InChI=1S/C20H29N7O/c1-5-6-9-23-19-18-16(24-20(21)25-19)12-27(26-18)11-15-8-7-14(13(2)22-3)10-17(15)28-4/h7-8,10,12-13,22H,5-6,9,11H2,1-4H3,(H3,21,23,24,25)/t13-/m1/s1. The Hall–Kier alpha value is -2.87. The van der Waals surface area contributed by atoms with E-state index in [0.717, 1.165) is 41.7 Å². The molecule has 0 amide bonds. The first-order valence-corrected chi connectivity index (χ1v) is 9.64. The Labute approximate surface area is 165 Å². The third kappa shape index (κ3) is 4.33. The minimum absolute atomic E-state index is 0.244. The van der Waals surface area contributed by atoms with Crippen LogP contribution < -0.4 is 21.1 Å². The van der Waals surface area contributed by atoms with Crippen LogP contribution in [0.15, 0.2) is 24.4 Å². The summed E-state index contributed by atoms with van der Waals surface area (Å²) >= 11 is 0. The molecule has 0 radical (unpaired) electrons. The Bertz CT molecular complexity index is 938. The average Bonchev–Trinajstić information content (AvgIpc) is 3.10. The topological polar surface area (TPSA) is 103 Å². The van der Waals surface area contributed by atoms with Crippen LogP contribution in [0.25, 0.3) is 11.0 Å². The molecule has 0 bridgehead atoms. The number of anilines is 2. The molecule has 0 aliphatic carbocycles. The van der Waals surface area contributed by atoms with E-state index >= 15 is 0 Å². The predicted octanol–water partition coefficient (Wildman–Crippen LogP) is 2.96. The first-order chi connectivity index (χ1) is 13.5. The van der Waals surface area contributed by atoms with Crippen molar-refractivity contribution in [3.8, 4) is 5.75 Å². The summed E-state index contributed by atoms with van der Waals surface area (Å²) in [6.45, 7) is 5.66. The zero-order valence-electron chi connectivity index (χ0n) is 17.0. The Morgan fingerprint density at radius 1 is 1.29 bits per heavy atom. The highest BCUT2D eigenvalue weighted by Gasteiger charge is 2.13. The molecule has 28 heavy (non-hydrogen) atoms. The van der Waals surface area contributed by atoms with Gasteiger partial charge < -0.3 is 21.1 Å². The number of ether oxygens (including phenoxy) is 1. The highest BCUT2D eigenvalue weighted by atomic mass is 16.5. The normalized spacial score (nSPS) is 12.3. The molecular formula is C20H29N7O. The summed E-state index contributed by atoms with van der Waals surface area (Å²) < 4.78 is 7.46. The van der Waals surface area contributed by atoms with Gasteiger partial charge in [0.05, 0.1) is 19.9 Å². The molecule has 150 valence electrons. The van der Waals surface area contributed by atoms with Crippen LogP contribution >= 0.6 is 0 Å². The van der Waals surface area contributed by atoms with Crippen LogP contribution in [-0.2, 0) is 6.54 Å². The van der Waals surface area contributed by atoms with Crippen molar-refractivity contribution < 1.29 is 4.74 Å². The molecule has 0 spiro atoms. The zero-order chi connectivity index (χ0) is 20.1. The molecule has 0 fully saturated rings. The fourth-order valence-electron chi connectivity index (χ4n) is 3.07. The number of benzene rings is 1. The van der Waals surface area contributed by atoms with Crippen LogP contribution in [0, 0.1) is 0 Å². The fourth-order valence-corrected chi connectivity index (χ4v) is 3.07. The number of aromatic nitrogens is 4. The number of nitrogen functional groups attached to an aromatic ring is 1. The second kappa shape index (κ2) is 8.88. The minimum atomic E-state index is 0.244. The molecule has 8 nitrogen and oxygen atoms in total. The third-order valence-corrected chi connectivity index (χ3v) is 4.83. The molecule has 3 aromatic rings. The van der Waals surface area contributed by atoms with Crippen molar-refractivity contribution in [1.29, 1.82) is 0 Å². The van der Waals surface area contributed by atoms with Crippen molar-refractivity contribution in [2.24, 2.45) is 0 Å². The lowest BCUT2D eigenvalue weighted by Crippen LogP contribution is -2.12.